The molecule has 14 heteroatoms. The number of carbonyl (C=O) groups is 3. The number of tetrazole rings is 1. The number of rotatable bonds is 7. The Labute approximate surface area is 213 Å². The molecule has 2 aromatic rings. The molecule has 3 atom stereocenters. The number of hydrogen-bond acceptors (Lipinski definition) is 10. The first kappa shape index (κ1) is 24.7. The fourth-order valence-corrected chi connectivity index (χ4v) is 5.63. The van der Waals surface area contributed by atoms with Crippen LogP contribution in [0.4, 0.5) is 0 Å². The summed E-state index contributed by atoms with van der Waals surface area (Å²) in [4.78, 5) is 38.0. The van der Waals surface area contributed by atoms with Gasteiger partial charge in [0.1, 0.15) is 11.4 Å². The van der Waals surface area contributed by atoms with Crippen LogP contribution in [-0.4, -0.2) is 70.9 Å². The molecule has 0 spiro atoms. The summed E-state index contributed by atoms with van der Waals surface area (Å²) in [5.41, 5.74) is 0.718. The molecule has 0 radical (unpaired) electrons. The van der Waals surface area contributed by atoms with Crippen LogP contribution < -0.4 is 40.0 Å². The first-order valence-electron chi connectivity index (χ1n) is 9.15. The van der Waals surface area contributed by atoms with Gasteiger partial charge in [-0.3, -0.25) is 14.5 Å². The fraction of sp³-hybridized carbons (Fsp3) is 0.333. The second kappa shape index (κ2) is 10.4. The number of aliphatic hydroxyl groups excluding tert-OH is 1. The molecule has 0 aliphatic carbocycles. The molecule has 1 fully saturated rings. The third-order valence-corrected chi connectivity index (χ3v) is 7.30. The Morgan fingerprint density at radius 1 is 1.38 bits per heavy atom. The Hall–Kier alpha value is -1.90. The molecular weight excluding hydrogens is 467 g/mol. The van der Waals surface area contributed by atoms with Gasteiger partial charge in [0.15, 0.2) is 6.10 Å². The molecule has 4 rings (SSSR count). The minimum atomic E-state index is -1.46. The average molecular weight is 484 g/mol. The number of aliphatic carboxylic acids is 1. The molecule has 2 aliphatic rings. The molecule has 32 heavy (non-hydrogen) atoms. The molecule has 162 valence electrons. The SMILES string of the molecule is Cn1nnnc1SCC1=C(C(=O)[O-])N2C(=O)[C@@H](NC(=O)C(O)c3ccccc3)[C@@H]2SC1.[Na+]. The van der Waals surface area contributed by atoms with Crippen LogP contribution in [0.3, 0.4) is 0 Å². The van der Waals surface area contributed by atoms with Gasteiger partial charge in [0, 0.05) is 18.6 Å². The van der Waals surface area contributed by atoms with Gasteiger partial charge in [0.25, 0.3) is 11.8 Å². The zero-order valence-corrected chi connectivity index (χ0v) is 20.8. The summed E-state index contributed by atoms with van der Waals surface area (Å²) >= 11 is 2.58. The van der Waals surface area contributed by atoms with Crippen LogP contribution >= 0.6 is 23.5 Å². The maximum atomic E-state index is 12.7. The normalized spacial score (nSPS) is 20.7. The van der Waals surface area contributed by atoms with E-state index in [-0.39, 0.29) is 41.0 Å². The van der Waals surface area contributed by atoms with Crippen molar-refractivity contribution in [1.82, 2.24) is 30.4 Å². The fourth-order valence-electron chi connectivity index (χ4n) is 3.30. The van der Waals surface area contributed by atoms with Gasteiger partial charge in [-0.05, 0) is 21.6 Å². The van der Waals surface area contributed by atoms with Gasteiger partial charge in [-0.15, -0.1) is 16.9 Å². The molecular formula is C18H17N6NaO5S2. The number of thioether (sulfide) groups is 2. The molecule has 1 unspecified atom stereocenters. The third-order valence-electron chi connectivity index (χ3n) is 4.86. The standard InChI is InChI=1S/C18H18N6O5S2.Na/c1-23-18(20-21-22-23)31-8-10-7-30-16-11(15(27)24(16)12(10)17(28)29)19-14(26)13(25)9-5-3-2-4-6-9;/h2-6,11,13,16,25H,7-8H2,1H3,(H,19,26)(H,28,29);/q;+1/p-1/t11-,13?,16+;/m1./s1. The van der Waals surface area contributed by atoms with Crippen LogP contribution in [0.15, 0.2) is 46.8 Å². The minimum Gasteiger partial charge on any atom is -0.543 e. The van der Waals surface area contributed by atoms with Crippen molar-refractivity contribution in [2.75, 3.05) is 11.5 Å². The van der Waals surface area contributed by atoms with Crippen LogP contribution in [0, 0.1) is 0 Å². The van der Waals surface area contributed by atoms with Crippen LogP contribution in [0.5, 0.6) is 0 Å². The Balaban J connectivity index is 0.00000289. The zero-order chi connectivity index (χ0) is 22.1. The van der Waals surface area contributed by atoms with E-state index in [0.29, 0.717) is 22.0 Å². The van der Waals surface area contributed by atoms with Crippen molar-refractivity contribution in [2.45, 2.75) is 22.7 Å². The molecule has 3 heterocycles. The average Bonchev–Trinajstić information content (AvgIpc) is 3.19. The summed E-state index contributed by atoms with van der Waals surface area (Å²) in [6, 6.07) is 7.40. The maximum absolute atomic E-state index is 12.7. The number of amides is 2. The number of hydrogen-bond donors (Lipinski definition) is 2. The van der Waals surface area contributed by atoms with Gasteiger partial charge < -0.3 is 20.3 Å². The van der Waals surface area contributed by atoms with Crippen molar-refractivity contribution in [2.24, 2.45) is 7.05 Å². The van der Waals surface area contributed by atoms with Crippen LogP contribution in [0.25, 0.3) is 0 Å². The van der Waals surface area contributed by atoms with Crippen molar-refractivity contribution < 1.29 is 54.2 Å². The van der Waals surface area contributed by atoms with E-state index in [1.807, 2.05) is 0 Å². The monoisotopic (exact) mass is 484 g/mol. The molecule has 0 bridgehead atoms. The number of aryl methyl sites for hydroxylation is 1. The van der Waals surface area contributed by atoms with E-state index in [0.717, 1.165) is 4.90 Å². The predicted molar refractivity (Wildman–Crippen MR) is 108 cm³/mol. The topological polar surface area (TPSA) is 153 Å². The second-order valence-electron chi connectivity index (χ2n) is 6.82. The molecule has 2 N–H and O–H groups in total. The van der Waals surface area contributed by atoms with E-state index in [1.165, 1.54) is 28.2 Å². The number of β-lactam (4-membered cyclic amide) rings is 1. The maximum Gasteiger partial charge on any atom is 1.00 e. The smallest absolute Gasteiger partial charge is 0.543 e. The molecule has 1 saturated heterocycles. The van der Waals surface area contributed by atoms with Crippen molar-refractivity contribution in [3.8, 4) is 0 Å². The van der Waals surface area contributed by atoms with Gasteiger partial charge in [-0.2, -0.15) is 0 Å². The van der Waals surface area contributed by atoms with Crippen LogP contribution in [0.2, 0.25) is 0 Å². The molecule has 2 amide bonds. The second-order valence-corrected chi connectivity index (χ2v) is 8.87. The molecule has 1 aromatic carbocycles. The number of aliphatic hydroxyl groups is 1. The molecule has 0 saturated carbocycles. The Kier molecular flexibility index (Phi) is 8.01. The summed E-state index contributed by atoms with van der Waals surface area (Å²) in [6.07, 6.45) is -1.43. The Morgan fingerprint density at radius 3 is 2.72 bits per heavy atom. The van der Waals surface area contributed by atoms with Gasteiger partial charge in [-0.1, -0.05) is 42.1 Å². The number of benzene rings is 1. The van der Waals surface area contributed by atoms with E-state index < -0.39 is 35.3 Å². The molecule has 2 aliphatic heterocycles. The predicted octanol–water partition coefficient (Wildman–Crippen LogP) is -4.56. The number of carboxylic acid groups (broad SMARTS) is 1. The van der Waals surface area contributed by atoms with E-state index in [4.69, 9.17) is 0 Å². The number of aromatic nitrogens is 4. The third kappa shape index (κ3) is 4.72. The van der Waals surface area contributed by atoms with Crippen molar-refractivity contribution in [1.29, 1.82) is 0 Å². The van der Waals surface area contributed by atoms with Gasteiger partial charge >= 0.3 is 29.6 Å². The Bertz CT molecular complexity index is 1070. The Morgan fingerprint density at radius 2 is 2.09 bits per heavy atom. The van der Waals surface area contributed by atoms with E-state index in [9.17, 15) is 24.6 Å². The van der Waals surface area contributed by atoms with Crippen LogP contribution in [0.1, 0.15) is 11.7 Å². The van der Waals surface area contributed by atoms with E-state index in [2.05, 4.69) is 20.8 Å². The van der Waals surface area contributed by atoms with Crippen molar-refractivity contribution >= 4 is 41.3 Å². The summed E-state index contributed by atoms with van der Waals surface area (Å²) in [7, 11) is 1.66. The number of carboxylic acids is 1. The summed E-state index contributed by atoms with van der Waals surface area (Å²) < 4.78 is 1.46. The zero-order valence-electron chi connectivity index (χ0n) is 17.2. The minimum absolute atomic E-state index is 0. The number of carbonyl (C=O) groups excluding carboxylic acids is 3. The number of nitrogens with zero attached hydrogens (tertiary/aromatic N) is 5. The van der Waals surface area contributed by atoms with Crippen molar-refractivity contribution in [3.63, 3.8) is 0 Å². The quantitative estimate of drug-likeness (QED) is 0.223. The largest absolute Gasteiger partial charge is 1.00 e. The van der Waals surface area contributed by atoms with Gasteiger partial charge in [0.2, 0.25) is 5.16 Å². The van der Waals surface area contributed by atoms with Gasteiger partial charge in [-0.25, -0.2) is 4.68 Å². The molecule has 11 nitrogen and oxygen atoms in total. The molecule has 1 aromatic heterocycles. The van der Waals surface area contributed by atoms with E-state index >= 15 is 0 Å². The summed E-state index contributed by atoms with van der Waals surface area (Å²) in [5, 5.41) is 35.6. The number of nitrogens with one attached hydrogen (secondary N) is 1. The van der Waals surface area contributed by atoms with E-state index in [1.54, 1.807) is 37.4 Å². The first-order chi connectivity index (χ1) is 14.9. The summed E-state index contributed by atoms with van der Waals surface area (Å²) in [6.45, 7) is 0. The number of fused-ring (bicyclic) bond motifs is 1. The summed E-state index contributed by atoms with van der Waals surface area (Å²) in [5.74, 6) is -2.14. The first-order valence-corrected chi connectivity index (χ1v) is 11.2. The van der Waals surface area contributed by atoms with Gasteiger partial charge in [0.05, 0.1) is 11.7 Å². The van der Waals surface area contributed by atoms with Crippen molar-refractivity contribution in [3.05, 3.63) is 47.2 Å². The van der Waals surface area contributed by atoms with Crippen LogP contribution in [-0.2, 0) is 21.4 Å².